The zero-order valence-corrected chi connectivity index (χ0v) is 14.1. The van der Waals surface area contributed by atoms with Gasteiger partial charge in [0, 0.05) is 44.2 Å². The SMILES string of the molecule is CCc1nn(C)c(CC)c1CNC(=NC)NCCSC. The van der Waals surface area contributed by atoms with E-state index in [1.165, 1.54) is 17.0 Å². The summed E-state index contributed by atoms with van der Waals surface area (Å²) in [5, 5.41) is 11.3. The molecule has 0 saturated carbocycles. The number of hydrogen-bond acceptors (Lipinski definition) is 3. The molecule has 0 unspecified atom stereocenters. The Morgan fingerprint density at radius 2 is 2.05 bits per heavy atom. The normalized spacial score (nSPS) is 11.8. The quantitative estimate of drug-likeness (QED) is 0.456. The van der Waals surface area contributed by atoms with Gasteiger partial charge in [0.2, 0.25) is 0 Å². The lowest BCUT2D eigenvalue weighted by Crippen LogP contribution is -2.38. The van der Waals surface area contributed by atoms with E-state index in [0.717, 1.165) is 37.6 Å². The maximum atomic E-state index is 4.59. The number of aliphatic imine (C=N–C) groups is 1. The lowest BCUT2D eigenvalue weighted by Gasteiger charge is -2.12. The maximum absolute atomic E-state index is 4.59. The number of hydrogen-bond donors (Lipinski definition) is 2. The number of nitrogens with zero attached hydrogens (tertiary/aromatic N) is 3. The van der Waals surface area contributed by atoms with Crippen molar-refractivity contribution in [3.63, 3.8) is 0 Å². The van der Waals surface area contributed by atoms with E-state index in [2.05, 4.69) is 40.8 Å². The van der Waals surface area contributed by atoms with Gasteiger partial charge in [0.25, 0.3) is 0 Å². The van der Waals surface area contributed by atoms with E-state index in [4.69, 9.17) is 0 Å². The Balaban J connectivity index is 2.68. The fourth-order valence-corrected chi connectivity index (χ4v) is 2.56. The highest BCUT2D eigenvalue weighted by atomic mass is 32.2. The molecule has 20 heavy (non-hydrogen) atoms. The summed E-state index contributed by atoms with van der Waals surface area (Å²) in [6, 6.07) is 0. The van der Waals surface area contributed by atoms with Gasteiger partial charge < -0.3 is 10.6 Å². The molecule has 0 atom stereocenters. The highest BCUT2D eigenvalue weighted by molar-refractivity contribution is 7.98. The fourth-order valence-electron chi connectivity index (χ4n) is 2.26. The number of rotatable bonds is 7. The van der Waals surface area contributed by atoms with Crippen molar-refractivity contribution in [1.29, 1.82) is 0 Å². The number of nitrogens with one attached hydrogen (secondary N) is 2. The molecule has 0 aliphatic rings. The van der Waals surface area contributed by atoms with Crippen LogP contribution in [-0.2, 0) is 26.4 Å². The predicted molar refractivity (Wildman–Crippen MR) is 88.5 cm³/mol. The van der Waals surface area contributed by atoms with Crippen LogP contribution in [0.3, 0.4) is 0 Å². The monoisotopic (exact) mass is 297 g/mol. The first-order valence-corrected chi connectivity index (χ1v) is 8.54. The summed E-state index contributed by atoms with van der Waals surface area (Å²) in [6.07, 6.45) is 4.07. The van der Waals surface area contributed by atoms with E-state index in [1.807, 2.05) is 23.5 Å². The molecule has 0 saturated heterocycles. The third-order valence-corrected chi connectivity index (χ3v) is 3.90. The minimum Gasteiger partial charge on any atom is -0.356 e. The standard InChI is InChI=1S/C14H27N5S/c1-6-12-11(13(7-2)19(4)18-12)10-17-14(15-3)16-8-9-20-5/h6-10H2,1-5H3,(H2,15,16,17). The minimum absolute atomic E-state index is 0.777. The van der Waals surface area contributed by atoms with Gasteiger partial charge in [0.1, 0.15) is 0 Å². The Kier molecular flexibility index (Phi) is 7.51. The summed E-state index contributed by atoms with van der Waals surface area (Å²) in [5.41, 5.74) is 3.79. The number of guanidine groups is 1. The molecule has 0 amide bonds. The van der Waals surface area contributed by atoms with Crippen LogP contribution in [0.5, 0.6) is 0 Å². The zero-order chi connectivity index (χ0) is 15.0. The number of aromatic nitrogens is 2. The molecule has 0 spiro atoms. The summed E-state index contributed by atoms with van der Waals surface area (Å²) in [5.74, 6) is 1.93. The number of aryl methyl sites for hydroxylation is 2. The topological polar surface area (TPSA) is 54.2 Å². The first-order valence-electron chi connectivity index (χ1n) is 7.14. The molecule has 0 aliphatic carbocycles. The van der Waals surface area contributed by atoms with Crippen LogP contribution in [0.1, 0.15) is 30.8 Å². The molecule has 6 heteroatoms. The molecular formula is C14H27N5S. The zero-order valence-electron chi connectivity index (χ0n) is 13.3. The van der Waals surface area contributed by atoms with Crippen LogP contribution in [-0.4, -0.2) is 41.3 Å². The van der Waals surface area contributed by atoms with E-state index in [9.17, 15) is 0 Å². The van der Waals surface area contributed by atoms with Crippen molar-refractivity contribution in [1.82, 2.24) is 20.4 Å². The average Bonchev–Trinajstić information content (AvgIpc) is 2.77. The van der Waals surface area contributed by atoms with Crippen molar-refractivity contribution >= 4 is 17.7 Å². The second-order valence-corrected chi connectivity index (χ2v) is 5.53. The second-order valence-electron chi connectivity index (χ2n) is 4.55. The van der Waals surface area contributed by atoms with Crippen LogP contribution in [0.25, 0.3) is 0 Å². The van der Waals surface area contributed by atoms with Crippen LogP contribution < -0.4 is 10.6 Å². The van der Waals surface area contributed by atoms with Gasteiger partial charge in [-0.25, -0.2) is 0 Å². The molecular weight excluding hydrogens is 270 g/mol. The van der Waals surface area contributed by atoms with Crippen molar-refractivity contribution in [3.05, 3.63) is 17.0 Å². The van der Waals surface area contributed by atoms with E-state index in [0.29, 0.717) is 0 Å². The van der Waals surface area contributed by atoms with E-state index < -0.39 is 0 Å². The molecule has 1 aromatic heterocycles. The van der Waals surface area contributed by atoms with E-state index >= 15 is 0 Å². The Morgan fingerprint density at radius 1 is 1.30 bits per heavy atom. The third-order valence-electron chi connectivity index (χ3n) is 3.28. The van der Waals surface area contributed by atoms with Gasteiger partial charge in [-0.15, -0.1) is 0 Å². The Labute approximate surface area is 126 Å². The highest BCUT2D eigenvalue weighted by Gasteiger charge is 2.13. The molecule has 0 fully saturated rings. The van der Waals surface area contributed by atoms with Crippen LogP contribution in [0.15, 0.2) is 4.99 Å². The highest BCUT2D eigenvalue weighted by Crippen LogP contribution is 2.15. The average molecular weight is 297 g/mol. The predicted octanol–water partition coefficient (Wildman–Crippen LogP) is 1.57. The van der Waals surface area contributed by atoms with Gasteiger partial charge in [-0.05, 0) is 19.1 Å². The molecule has 0 radical (unpaired) electrons. The Hall–Kier alpha value is -1.17. The molecule has 114 valence electrons. The van der Waals surface area contributed by atoms with Gasteiger partial charge in [-0.1, -0.05) is 13.8 Å². The molecule has 5 nitrogen and oxygen atoms in total. The van der Waals surface area contributed by atoms with Crippen molar-refractivity contribution in [3.8, 4) is 0 Å². The van der Waals surface area contributed by atoms with Gasteiger partial charge in [-0.2, -0.15) is 16.9 Å². The van der Waals surface area contributed by atoms with Gasteiger partial charge >= 0.3 is 0 Å². The largest absolute Gasteiger partial charge is 0.356 e. The summed E-state index contributed by atoms with van der Waals surface area (Å²) in [4.78, 5) is 4.25. The lowest BCUT2D eigenvalue weighted by molar-refractivity contribution is 0.702. The lowest BCUT2D eigenvalue weighted by atomic mass is 10.1. The number of thioether (sulfide) groups is 1. The Bertz CT molecular complexity index is 439. The Morgan fingerprint density at radius 3 is 2.60 bits per heavy atom. The molecule has 0 bridgehead atoms. The van der Waals surface area contributed by atoms with E-state index in [1.54, 1.807) is 7.05 Å². The first kappa shape index (κ1) is 16.9. The van der Waals surface area contributed by atoms with Gasteiger partial charge in [-0.3, -0.25) is 9.67 Å². The van der Waals surface area contributed by atoms with Crippen LogP contribution >= 0.6 is 11.8 Å². The van der Waals surface area contributed by atoms with Gasteiger partial charge in [0.05, 0.1) is 5.69 Å². The van der Waals surface area contributed by atoms with Crippen molar-refractivity contribution in [2.45, 2.75) is 33.2 Å². The molecule has 2 N–H and O–H groups in total. The summed E-state index contributed by atoms with van der Waals surface area (Å²) >= 11 is 1.83. The molecule has 1 heterocycles. The van der Waals surface area contributed by atoms with Crippen LogP contribution in [0, 0.1) is 0 Å². The minimum atomic E-state index is 0.777. The van der Waals surface area contributed by atoms with Crippen molar-refractivity contribution in [2.75, 3.05) is 25.6 Å². The first-order chi connectivity index (χ1) is 9.67. The molecule has 1 rings (SSSR count). The fraction of sp³-hybridized carbons (Fsp3) is 0.714. The molecule has 0 aliphatic heterocycles. The maximum Gasteiger partial charge on any atom is 0.191 e. The van der Waals surface area contributed by atoms with E-state index in [-0.39, 0.29) is 0 Å². The van der Waals surface area contributed by atoms with Crippen molar-refractivity contribution in [2.24, 2.45) is 12.0 Å². The molecule has 0 aromatic carbocycles. The summed E-state index contributed by atoms with van der Waals surface area (Å²) in [7, 11) is 3.83. The van der Waals surface area contributed by atoms with Crippen LogP contribution in [0.2, 0.25) is 0 Å². The second kappa shape index (κ2) is 8.89. The van der Waals surface area contributed by atoms with Gasteiger partial charge in [0.15, 0.2) is 5.96 Å². The summed E-state index contributed by atoms with van der Waals surface area (Å²) < 4.78 is 2.00. The summed E-state index contributed by atoms with van der Waals surface area (Å²) in [6.45, 7) is 6.02. The van der Waals surface area contributed by atoms with Crippen LogP contribution in [0.4, 0.5) is 0 Å². The van der Waals surface area contributed by atoms with Crippen molar-refractivity contribution < 1.29 is 0 Å². The smallest absolute Gasteiger partial charge is 0.191 e. The third kappa shape index (κ3) is 4.44. The molecule has 1 aromatic rings.